The maximum Gasteiger partial charge on any atom is 0.275 e. The standard InChI is InChI=1S/C16H19N3O3/c1-11(14-8-12-4-2-3-5-13(12)22-14)18-16(21)10-19-7-6-17-15(20)9-19/h2-5,8,11H,6-7,9-10H2,1H3,(H,17,20)(H,18,21)/p+1/t11-/m1/s1. The Morgan fingerprint density at radius 2 is 2.27 bits per heavy atom. The number of hydrogen-bond donors (Lipinski definition) is 3. The summed E-state index contributed by atoms with van der Waals surface area (Å²) >= 11 is 0. The molecule has 2 atom stereocenters. The average molecular weight is 302 g/mol. The lowest BCUT2D eigenvalue weighted by molar-refractivity contribution is -0.885. The fourth-order valence-electron chi connectivity index (χ4n) is 2.71. The van der Waals surface area contributed by atoms with Gasteiger partial charge in [-0.05, 0) is 19.1 Å². The van der Waals surface area contributed by atoms with Crippen LogP contribution in [-0.2, 0) is 9.59 Å². The Morgan fingerprint density at radius 3 is 3.05 bits per heavy atom. The molecule has 0 spiro atoms. The number of amides is 2. The van der Waals surface area contributed by atoms with E-state index in [1.165, 1.54) is 0 Å². The van der Waals surface area contributed by atoms with Crippen LogP contribution in [0.1, 0.15) is 18.7 Å². The molecular formula is C16H20N3O3+. The third-order valence-corrected chi connectivity index (χ3v) is 3.87. The Labute approximate surface area is 128 Å². The number of carbonyl (C=O) groups excluding carboxylic acids is 2. The minimum atomic E-state index is -0.196. The third-order valence-electron chi connectivity index (χ3n) is 3.87. The van der Waals surface area contributed by atoms with Crippen LogP contribution in [0.25, 0.3) is 11.0 Å². The van der Waals surface area contributed by atoms with Crippen molar-refractivity contribution in [3.8, 4) is 0 Å². The summed E-state index contributed by atoms with van der Waals surface area (Å²) < 4.78 is 5.75. The first-order valence-corrected chi connectivity index (χ1v) is 7.50. The van der Waals surface area contributed by atoms with Crippen molar-refractivity contribution in [2.24, 2.45) is 0 Å². The number of benzene rings is 1. The predicted molar refractivity (Wildman–Crippen MR) is 81.3 cm³/mol. The zero-order chi connectivity index (χ0) is 15.5. The molecule has 1 aromatic carbocycles. The highest BCUT2D eigenvalue weighted by atomic mass is 16.3. The van der Waals surface area contributed by atoms with Gasteiger partial charge in [-0.15, -0.1) is 0 Å². The van der Waals surface area contributed by atoms with E-state index in [0.717, 1.165) is 28.2 Å². The summed E-state index contributed by atoms with van der Waals surface area (Å²) in [5.74, 6) is 0.665. The largest absolute Gasteiger partial charge is 0.459 e. The summed E-state index contributed by atoms with van der Waals surface area (Å²) in [5.41, 5.74) is 0.817. The molecule has 0 aliphatic carbocycles. The molecule has 1 aromatic heterocycles. The monoisotopic (exact) mass is 302 g/mol. The summed E-state index contributed by atoms with van der Waals surface area (Å²) in [5, 5.41) is 6.72. The van der Waals surface area contributed by atoms with Crippen LogP contribution in [-0.4, -0.2) is 38.0 Å². The fraction of sp³-hybridized carbons (Fsp3) is 0.375. The van der Waals surface area contributed by atoms with Crippen LogP contribution in [0.3, 0.4) is 0 Å². The summed E-state index contributed by atoms with van der Waals surface area (Å²) in [7, 11) is 0. The molecule has 0 bridgehead atoms. The highest BCUT2D eigenvalue weighted by molar-refractivity contribution is 5.80. The van der Waals surface area contributed by atoms with Gasteiger partial charge in [0.25, 0.3) is 11.8 Å². The quantitative estimate of drug-likeness (QED) is 0.721. The van der Waals surface area contributed by atoms with Crippen molar-refractivity contribution >= 4 is 22.8 Å². The normalized spacial score (nSPS) is 19.7. The molecule has 2 aromatic rings. The SMILES string of the molecule is C[C@@H](NC(=O)C[NH+]1CCNC(=O)C1)c1cc2ccccc2o1. The molecule has 1 saturated heterocycles. The van der Waals surface area contributed by atoms with E-state index in [0.29, 0.717) is 19.6 Å². The molecule has 2 heterocycles. The molecule has 6 nitrogen and oxygen atoms in total. The van der Waals surface area contributed by atoms with E-state index in [-0.39, 0.29) is 17.9 Å². The molecule has 1 aliphatic rings. The topological polar surface area (TPSA) is 75.8 Å². The van der Waals surface area contributed by atoms with Crippen LogP contribution in [0.2, 0.25) is 0 Å². The van der Waals surface area contributed by atoms with E-state index in [1.807, 2.05) is 37.3 Å². The second-order valence-corrected chi connectivity index (χ2v) is 5.68. The molecule has 116 valence electrons. The summed E-state index contributed by atoms with van der Waals surface area (Å²) in [6.07, 6.45) is 0. The summed E-state index contributed by atoms with van der Waals surface area (Å²) in [6, 6.07) is 9.51. The minimum Gasteiger partial charge on any atom is -0.459 e. The van der Waals surface area contributed by atoms with Gasteiger partial charge in [0.15, 0.2) is 13.1 Å². The number of furan rings is 1. The van der Waals surface area contributed by atoms with Gasteiger partial charge in [0, 0.05) is 5.39 Å². The van der Waals surface area contributed by atoms with Crippen molar-refractivity contribution in [2.45, 2.75) is 13.0 Å². The lowest BCUT2D eigenvalue weighted by Gasteiger charge is -2.23. The number of hydrogen-bond acceptors (Lipinski definition) is 3. The molecule has 6 heteroatoms. The maximum atomic E-state index is 12.1. The van der Waals surface area contributed by atoms with Crippen molar-refractivity contribution in [1.82, 2.24) is 10.6 Å². The van der Waals surface area contributed by atoms with Gasteiger partial charge in [-0.1, -0.05) is 18.2 Å². The Balaban J connectivity index is 1.59. The number of nitrogens with one attached hydrogen (secondary N) is 3. The van der Waals surface area contributed by atoms with E-state index in [4.69, 9.17) is 4.42 Å². The lowest BCUT2D eigenvalue weighted by Crippen LogP contribution is -3.16. The average Bonchev–Trinajstić information content (AvgIpc) is 2.91. The van der Waals surface area contributed by atoms with E-state index >= 15 is 0 Å². The molecule has 22 heavy (non-hydrogen) atoms. The first-order valence-electron chi connectivity index (χ1n) is 7.50. The third kappa shape index (κ3) is 3.28. The minimum absolute atomic E-state index is 0.000572. The van der Waals surface area contributed by atoms with Crippen LogP contribution in [0.5, 0.6) is 0 Å². The van der Waals surface area contributed by atoms with Crippen LogP contribution in [0, 0.1) is 0 Å². The molecular weight excluding hydrogens is 282 g/mol. The van der Waals surface area contributed by atoms with Gasteiger partial charge in [0.2, 0.25) is 0 Å². The Morgan fingerprint density at radius 1 is 1.45 bits per heavy atom. The maximum absolute atomic E-state index is 12.1. The van der Waals surface area contributed by atoms with Gasteiger partial charge in [0.1, 0.15) is 11.3 Å². The van der Waals surface area contributed by atoms with Crippen molar-refractivity contribution in [1.29, 1.82) is 0 Å². The molecule has 1 unspecified atom stereocenters. The van der Waals surface area contributed by atoms with E-state index in [2.05, 4.69) is 10.6 Å². The van der Waals surface area contributed by atoms with Gasteiger partial charge >= 0.3 is 0 Å². The van der Waals surface area contributed by atoms with Crippen LogP contribution < -0.4 is 15.5 Å². The Hall–Kier alpha value is -2.34. The predicted octanol–water partition coefficient (Wildman–Crippen LogP) is -0.375. The number of carbonyl (C=O) groups is 2. The van der Waals surface area contributed by atoms with Crippen molar-refractivity contribution in [3.63, 3.8) is 0 Å². The van der Waals surface area contributed by atoms with Crippen LogP contribution >= 0.6 is 0 Å². The second kappa shape index (κ2) is 6.19. The number of fused-ring (bicyclic) bond motifs is 1. The molecule has 0 saturated carbocycles. The molecule has 1 aliphatic heterocycles. The van der Waals surface area contributed by atoms with Gasteiger partial charge in [-0.25, -0.2) is 0 Å². The first-order chi connectivity index (χ1) is 10.6. The van der Waals surface area contributed by atoms with Crippen molar-refractivity contribution in [3.05, 3.63) is 36.1 Å². The van der Waals surface area contributed by atoms with Gasteiger partial charge in [0.05, 0.1) is 19.1 Å². The number of para-hydroxylation sites is 1. The highest BCUT2D eigenvalue weighted by Crippen LogP contribution is 2.23. The number of rotatable bonds is 4. The fourth-order valence-corrected chi connectivity index (χ4v) is 2.71. The first kappa shape index (κ1) is 14.6. The lowest BCUT2D eigenvalue weighted by atomic mass is 10.2. The molecule has 3 rings (SSSR count). The second-order valence-electron chi connectivity index (χ2n) is 5.68. The zero-order valence-corrected chi connectivity index (χ0v) is 12.5. The Kier molecular flexibility index (Phi) is 4.11. The number of piperazine rings is 1. The molecule has 0 radical (unpaired) electrons. The van der Waals surface area contributed by atoms with Gasteiger partial charge in [-0.2, -0.15) is 0 Å². The van der Waals surface area contributed by atoms with Crippen LogP contribution in [0.15, 0.2) is 34.7 Å². The zero-order valence-electron chi connectivity index (χ0n) is 12.5. The van der Waals surface area contributed by atoms with Crippen molar-refractivity contribution < 1.29 is 18.9 Å². The molecule has 3 N–H and O–H groups in total. The van der Waals surface area contributed by atoms with E-state index in [1.54, 1.807) is 0 Å². The van der Waals surface area contributed by atoms with Crippen LogP contribution in [0.4, 0.5) is 0 Å². The number of quaternary nitrogens is 1. The Bertz CT molecular complexity index is 662. The highest BCUT2D eigenvalue weighted by Gasteiger charge is 2.23. The van der Waals surface area contributed by atoms with Gasteiger partial charge in [-0.3, -0.25) is 9.59 Å². The van der Waals surface area contributed by atoms with E-state index in [9.17, 15) is 9.59 Å². The smallest absolute Gasteiger partial charge is 0.275 e. The molecule has 1 fully saturated rings. The van der Waals surface area contributed by atoms with Gasteiger partial charge < -0.3 is 20.0 Å². The van der Waals surface area contributed by atoms with E-state index < -0.39 is 0 Å². The summed E-state index contributed by atoms with van der Waals surface area (Å²) in [4.78, 5) is 24.4. The summed E-state index contributed by atoms with van der Waals surface area (Å²) in [6.45, 7) is 3.96. The van der Waals surface area contributed by atoms with Crippen molar-refractivity contribution in [2.75, 3.05) is 26.2 Å². The molecule has 2 amide bonds.